The highest BCUT2D eigenvalue weighted by Crippen LogP contribution is 2.34. The van der Waals surface area contributed by atoms with E-state index in [4.69, 9.17) is 0 Å². The second-order valence-electron chi connectivity index (χ2n) is 7.42. The number of carbonyl (C=O) groups excluding carboxylic acids is 1. The molecule has 0 spiro atoms. The van der Waals surface area contributed by atoms with Crippen LogP contribution in [0.1, 0.15) is 53.8 Å². The van der Waals surface area contributed by atoms with Crippen molar-refractivity contribution in [1.82, 2.24) is 30.5 Å². The van der Waals surface area contributed by atoms with Crippen LogP contribution >= 0.6 is 11.3 Å². The number of nitrogens with one attached hydrogen (secondary N) is 2. The van der Waals surface area contributed by atoms with Crippen LogP contribution in [0.15, 0.2) is 36.5 Å². The summed E-state index contributed by atoms with van der Waals surface area (Å²) in [6.45, 7) is 6.10. The first-order valence-electron chi connectivity index (χ1n) is 9.37. The predicted octanol–water partition coefficient (Wildman–Crippen LogP) is 2.63. The largest absolute Gasteiger partial charge is 0.317 e. The van der Waals surface area contributed by atoms with Crippen molar-refractivity contribution < 1.29 is 4.79 Å². The standard InChI is InChI=1S/C19H23N7OS/c1-19(2,13-6-4-3-5-7-13)17-23-24-18(28-17)21-16(27)15-12-26(25-22-15)14-8-10-20-11-9-14/h3-7,12,14,20H,8-11H2,1-2H3,(H,21,24,27). The highest BCUT2D eigenvalue weighted by Gasteiger charge is 2.28. The summed E-state index contributed by atoms with van der Waals surface area (Å²) in [6, 6.07) is 10.4. The number of carbonyl (C=O) groups is 1. The summed E-state index contributed by atoms with van der Waals surface area (Å²) in [5.41, 5.74) is 1.15. The quantitative estimate of drug-likeness (QED) is 0.687. The van der Waals surface area contributed by atoms with Crippen LogP contribution in [-0.4, -0.2) is 44.2 Å². The van der Waals surface area contributed by atoms with Gasteiger partial charge in [0, 0.05) is 5.41 Å². The zero-order valence-electron chi connectivity index (χ0n) is 15.9. The van der Waals surface area contributed by atoms with Crippen molar-refractivity contribution in [2.75, 3.05) is 18.4 Å². The SMILES string of the molecule is CC(C)(c1ccccc1)c1nnc(NC(=O)c2cn(C3CCNCC3)nn2)s1. The van der Waals surface area contributed by atoms with Gasteiger partial charge < -0.3 is 5.32 Å². The minimum Gasteiger partial charge on any atom is -0.317 e. The third kappa shape index (κ3) is 3.81. The van der Waals surface area contributed by atoms with Gasteiger partial charge in [0.25, 0.3) is 5.91 Å². The van der Waals surface area contributed by atoms with Gasteiger partial charge in [-0.15, -0.1) is 15.3 Å². The number of hydrogen-bond acceptors (Lipinski definition) is 7. The van der Waals surface area contributed by atoms with Gasteiger partial charge in [-0.3, -0.25) is 10.1 Å². The van der Waals surface area contributed by atoms with Crippen molar-refractivity contribution in [2.45, 2.75) is 38.1 Å². The van der Waals surface area contributed by atoms with Crippen LogP contribution in [0.5, 0.6) is 0 Å². The molecule has 0 aliphatic carbocycles. The first-order chi connectivity index (χ1) is 13.5. The van der Waals surface area contributed by atoms with E-state index >= 15 is 0 Å². The fourth-order valence-electron chi connectivity index (χ4n) is 3.30. The Hall–Kier alpha value is -2.65. The lowest BCUT2D eigenvalue weighted by Gasteiger charge is -2.22. The molecule has 1 fully saturated rings. The van der Waals surface area contributed by atoms with Crippen molar-refractivity contribution in [3.05, 3.63) is 52.8 Å². The highest BCUT2D eigenvalue weighted by atomic mass is 32.1. The summed E-state index contributed by atoms with van der Waals surface area (Å²) in [5.74, 6) is -0.319. The molecule has 2 N–H and O–H groups in total. The molecular weight excluding hydrogens is 374 g/mol. The Balaban J connectivity index is 1.45. The summed E-state index contributed by atoms with van der Waals surface area (Å²) >= 11 is 1.38. The fourth-order valence-corrected chi connectivity index (χ4v) is 4.16. The zero-order valence-corrected chi connectivity index (χ0v) is 16.7. The summed E-state index contributed by atoms with van der Waals surface area (Å²) in [6.07, 6.45) is 3.68. The van der Waals surface area contributed by atoms with Gasteiger partial charge in [0.2, 0.25) is 5.13 Å². The molecule has 4 rings (SSSR count). The number of hydrogen-bond donors (Lipinski definition) is 2. The van der Waals surface area contributed by atoms with E-state index in [1.165, 1.54) is 11.3 Å². The second-order valence-corrected chi connectivity index (χ2v) is 8.40. The molecule has 0 radical (unpaired) electrons. The Morgan fingerprint density at radius 3 is 2.68 bits per heavy atom. The molecule has 0 saturated carbocycles. The average molecular weight is 398 g/mol. The van der Waals surface area contributed by atoms with Gasteiger partial charge >= 0.3 is 0 Å². The lowest BCUT2D eigenvalue weighted by atomic mass is 9.85. The van der Waals surface area contributed by atoms with Crippen LogP contribution in [-0.2, 0) is 5.41 Å². The molecule has 1 saturated heterocycles. The Bertz CT molecular complexity index is 944. The van der Waals surface area contributed by atoms with Crippen molar-refractivity contribution in [3.63, 3.8) is 0 Å². The topological polar surface area (TPSA) is 97.6 Å². The monoisotopic (exact) mass is 397 g/mol. The summed E-state index contributed by atoms with van der Waals surface area (Å²) in [5, 5.41) is 24.0. The maximum Gasteiger partial charge on any atom is 0.279 e. The number of piperidine rings is 1. The van der Waals surface area contributed by atoms with Crippen LogP contribution < -0.4 is 10.6 Å². The number of nitrogens with zero attached hydrogens (tertiary/aromatic N) is 5. The Morgan fingerprint density at radius 2 is 1.93 bits per heavy atom. The van der Waals surface area contributed by atoms with Gasteiger partial charge in [0.05, 0.1) is 12.2 Å². The summed E-state index contributed by atoms with van der Waals surface area (Å²) in [4.78, 5) is 12.5. The molecule has 0 bridgehead atoms. The molecule has 3 heterocycles. The van der Waals surface area contributed by atoms with E-state index in [-0.39, 0.29) is 23.1 Å². The van der Waals surface area contributed by atoms with Crippen molar-refractivity contribution in [2.24, 2.45) is 0 Å². The van der Waals surface area contributed by atoms with Crippen molar-refractivity contribution >= 4 is 22.4 Å². The second kappa shape index (κ2) is 7.76. The van der Waals surface area contributed by atoms with Crippen LogP contribution in [0, 0.1) is 0 Å². The van der Waals surface area contributed by atoms with E-state index in [2.05, 4.69) is 57.1 Å². The van der Waals surface area contributed by atoms with E-state index in [9.17, 15) is 4.79 Å². The van der Waals surface area contributed by atoms with Gasteiger partial charge in [-0.1, -0.05) is 46.9 Å². The Labute approximate surface area is 167 Å². The maximum atomic E-state index is 12.5. The first-order valence-corrected chi connectivity index (χ1v) is 10.2. The normalized spacial score (nSPS) is 15.5. The smallest absolute Gasteiger partial charge is 0.279 e. The molecule has 8 nitrogen and oxygen atoms in total. The molecule has 9 heteroatoms. The van der Waals surface area contributed by atoms with Crippen molar-refractivity contribution in [3.8, 4) is 0 Å². The third-order valence-corrected chi connectivity index (χ3v) is 6.26. The van der Waals surface area contributed by atoms with E-state index in [0.717, 1.165) is 36.5 Å². The Kier molecular flexibility index (Phi) is 5.19. The third-order valence-electron chi connectivity index (χ3n) is 5.10. The first kappa shape index (κ1) is 18.7. The van der Waals surface area contributed by atoms with Gasteiger partial charge in [0.15, 0.2) is 5.69 Å². The van der Waals surface area contributed by atoms with E-state index < -0.39 is 0 Å². The van der Waals surface area contributed by atoms with Gasteiger partial charge in [0.1, 0.15) is 5.01 Å². The predicted molar refractivity (Wildman–Crippen MR) is 108 cm³/mol. The molecular formula is C19H23N7OS. The summed E-state index contributed by atoms with van der Waals surface area (Å²) < 4.78 is 1.79. The molecule has 0 atom stereocenters. The molecule has 0 unspecified atom stereocenters. The molecule has 1 amide bonds. The Morgan fingerprint density at radius 1 is 1.18 bits per heavy atom. The lowest BCUT2D eigenvalue weighted by molar-refractivity contribution is 0.102. The number of benzene rings is 1. The fraction of sp³-hybridized carbons (Fsp3) is 0.421. The number of aromatic nitrogens is 5. The average Bonchev–Trinajstić information content (AvgIpc) is 3.39. The number of rotatable bonds is 5. The lowest BCUT2D eigenvalue weighted by Crippen LogP contribution is -2.29. The van der Waals surface area contributed by atoms with Gasteiger partial charge in [-0.2, -0.15) is 0 Å². The summed E-state index contributed by atoms with van der Waals surface area (Å²) in [7, 11) is 0. The number of amides is 1. The molecule has 28 heavy (non-hydrogen) atoms. The van der Waals surface area contributed by atoms with Crippen LogP contribution in [0.25, 0.3) is 0 Å². The van der Waals surface area contributed by atoms with E-state index in [1.54, 1.807) is 10.9 Å². The molecule has 1 aliphatic rings. The highest BCUT2D eigenvalue weighted by molar-refractivity contribution is 7.15. The molecule has 3 aromatic rings. The van der Waals surface area contributed by atoms with Crippen molar-refractivity contribution in [1.29, 1.82) is 0 Å². The van der Waals surface area contributed by atoms with Gasteiger partial charge in [-0.25, -0.2) is 4.68 Å². The number of anilines is 1. The molecule has 1 aromatic carbocycles. The van der Waals surface area contributed by atoms with Gasteiger partial charge in [-0.05, 0) is 45.3 Å². The van der Waals surface area contributed by atoms with E-state index in [1.807, 2.05) is 18.2 Å². The maximum absolute atomic E-state index is 12.5. The molecule has 2 aromatic heterocycles. The molecule has 146 valence electrons. The van der Waals surface area contributed by atoms with Crippen LogP contribution in [0.3, 0.4) is 0 Å². The zero-order chi connectivity index (χ0) is 19.6. The minimum absolute atomic E-state index is 0.287. The minimum atomic E-state index is -0.319. The van der Waals surface area contributed by atoms with Crippen LogP contribution in [0.2, 0.25) is 0 Å². The van der Waals surface area contributed by atoms with E-state index in [0.29, 0.717) is 5.13 Å². The van der Waals surface area contributed by atoms with Crippen LogP contribution in [0.4, 0.5) is 5.13 Å². The molecule has 1 aliphatic heterocycles.